The third-order valence-electron chi connectivity index (χ3n) is 2.71. The molecule has 0 bridgehead atoms. The first-order chi connectivity index (χ1) is 8.72. The molecule has 1 aromatic heterocycles. The highest BCUT2D eigenvalue weighted by Gasteiger charge is 2.22. The maximum atomic E-state index is 12.2. The number of hydrogen-bond donors (Lipinski definition) is 0. The van der Waals surface area contributed by atoms with Crippen molar-refractivity contribution in [3.8, 4) is 6.07 Å². The van der Waals surface area contributed by atoms with Gasteiger partial charge in [0.05, 0.1) is 11.8 Å². The topological polar surface area (TPSA) is 53.8 Å². The van der Waals surface area contributed by atoms with Crippen molar-refractivity contribution in [1.29, 1.82) is 5.26 Å². The summed E-state index contributed by atoms with van der Waals surface area (Å²) in [7, 11) is 0. The van der Waals surface area contributed by atoms with E-state index in [4.69, 9.17) is 5.26 Å². The molecule has 1 atom stereocenters. The van der Waals surface area contributed by atoms with Crippen molar-refractivity contribution < 1.29 is 4.79 Å². The lowest BCUT2D eigenvalue weighted by atomic mass is 9.95. The van der Waals surface area contributed by atoms with Crippen LogP contribution in [0.4, 0.5) is 0 Å². The van der Waals surface area contributed by atoms with Gasteiger partial charge < -0.3 is 0 Å². The summed E-state index contributed by atoms with van der Waals surface area (Å²) >= 11 is 0. The first-order valence-electron chi connectivity index (χ1n) is 5.64. The van der Waals surface area contributed by atoms with E-state index < -0.39 is 5.92 Å². The molecule has 2 rings (SSSR count). The van der Waals surface area contributed by atoms with Crippen LogP contribution in [-0.2, 0) is 0 Å². The Kier molecular flexibility index (Phi) is 3.49. The Morgan fingerprint density at radius 1 is 1.22 bits per heavy atom. The zero-order valence-corrected chi connectivity index (χ0v) is 10.00. The molecule has 0 radical (unpaired) electrons. The molecule has 1 aromatic carbocycles. The van der Waals surface area contributed by atoms with Crippen LogP contribution >= 0.6 is 0 Å². The molecule has 1 heterocycles. The number of ketones is 1. The minimum absolute atomic E-state index is 0.212. The van der Waals surface area contributed by atoms with Gasteiger partial charge >= 0.3 is 0 Å². The molecule has 0 spiro atoms. The zero-order valence-electron chi connectivity index (χ0n) is 10.00. The minimum Gasteiger partial charge on any atom is -0.292 e. The fraction of sp³-hybridized carbons (Fsp3) is 0.133. The van der Waals surface area contributed by atoms with E-state index in [2.05, 4.69) is 4.98 Å². The number of carbonyl (C=O) groups excluding carboxylic acids is 1. The first-order valence-corrected chi connectivity index (χ1v) is 5.64. The van der Waals surface area contributed by atoms with Crippen LogP contribution in [0.25, 0.3) is 0 Å². The molecular weight excluding hydrogens is 224 g/mol. The summed E-state index contributed by atoms with van der Waals surface area (Å²) in [4.78, 5) is 16.3. The van der Waals surface area contributed by atoms with Crippen LogP contribution in [0.3, 0.4) is 0 Å². The lowest BCUT2D eigenvalue weighted by Crippen LogP contribution is -2.12. The molecule has 0 saturated carbocycles. The van der Waals surface area contributed by atoms with E-state index in [9.17, 15) is 4.79 Å². The van der Waals surface area contributed by atoms with Crippen LogP contribution in [0.5, 0.6) is 0 Å². The summed E-state index contributed by atoms with van der Waals surface area (Å²) in [5.41, 5.74) is 2.11. The lowest BCUT2D eigenvalue weighted by molar-refractivity contribution is 0.0977. The molecule has 2 aromatic rings. The van der Waals surface area contributed by atoms with Crippen LogP contribution in [0.1, 0.15) is 27.5 Å². The number of nitrogens with zero attached hydrogens (tertiary/aromatic N) is 2. The molecule has 0 N–H and O–H groups in total. The molecule has 0 aliphatic heterocycles. The number of hydrogen-bond acceptors (Lipinski definition) is 3. The van der Waals surface area contributed by atoms with Crippen molar-refractivity contribution in [2.75, 3.05) is 0 Å². The van der Waals surface area contributed by atoms with Gasteiger partial charge in [0.15, 0.2) is 11.7 Å². The minimum atomic E-state index is -0.839. The van der Waals surface area contributed by atoms with Crippen LogP contribution in [-0.4, -0.2) is 10.8 Å². The molecule has 88 valence electrons. The van der Waals surface area contributed by atoms with Crippen LogP contribution < -0.4 is 0 Å². The van der Waals surface area contributed by atoms with Gasteiger partial charge in [-0.15, -0.1) is 0 Å². The van der Waals surface area contributed by atoms with E-state index in [0.29, 0.717) is 11.3 Å². The molecule has 0 unspecified atom stereocenters. The molecule has 0 saturated heterocycles. The van der Waals surface area contributed by atoms with Crippen molar-refractivity contribution in [2.45, 2.75) is 12.8 Å². The van der Waals surface area contributed by atoms with Crippen LogP contribution in [0.2, 0.25) is 0 Å². The summed E-state index contributed by atoms with van der Waals surface area (Å²) in [5.74, 6) is -1.05. The Hall–Kier alpha value is -2.47. The maximum absolute atomic E-state index is 12.2. The van der Waals surface area contributed by atoms with Crippen LogP contribution in [0.15, 0.2) is 48.7 Å². The summed E-state index contributed by atoms with van der Waals surface area (Å²) in [6.45, 7) is 1.95. The summed E-state index contributed by atoms with van der Waals surface area (Å²) in [6, 6.07) is 14.4. The second-order valence-electron chi connectivity index (χ2n) is 4.05. The second-order valence-corrected chi connectivity index (χ2v) is 4.05. The lowest BCUT2D eigenvalue weighted by Gasteiger charge is -2.07. The van der Waals surface area contributed by atoms with Gasteiger partial charge in [-0.1, -0.05) is 35.9 Å². The average molecular weight is 236 g/mol. The van der Waals surface area contributed by atoms with Crippen LogP contribution in [0, 0.1) is 18.3 Å². The zero-order chi connectivity index (χ0) is 13.0. The molecule has 3 nitrogen and oxygen atoms in total. The van der Waals surface area contributed by atoms with Crippen molar-refractivity contribution in [3.05, 3.63) is 65.5 Å². The van der Waals surface area contributed by atoms with Gasteiger partial charge in [-0.05, 0) is 19.1 Å². The highest BCUT2D eigenvalue weighted by molar-refractivity contribution is 6.02. The number of Topliss-reactive ketones (excluding diaryl/α,β-unsaturated/α-hetero) is 1. The number of pyridine rings is 1. The molecule has 0 aliphatic carbocycles. The van der Waals surface area contributed by atoms with Gasteiger partial charge in [0.2, 0.25) is 0 Å². The molecule has 0 amide bonds. The second kappa shape index (κ2) is 5.24. The number of nitriles is 1. The van der Waals surface area contributed by atoms with E-state index in [0.717, 1.165) is 5.56 Å². The molecule has 18 heavy (non-hydrogen) atoms. The van der Waals surface area contributed by atoms with Gasteiger partial charge in [0, 0.05) is 11.8 Å². The normalized spacial score (nSPS) is 11.6. The Morgan fingerprint density at radius 3 is 2.50 bits per heavy atom. The van der Waals surface area contributed by atoms with Crippen molar-refractivity contribution in [2.24, 2.45) is 0 Å². The third-order valence-corrected chi connectivity index (χ3v) is 2.71. The van der Waals surface area contributed by atoms with Gasteiger partial charge in [-0.3, -0.25) is 9.78 Å². The van der Waals surface area contributed by atoms with Crippen molar-refractivity contribution in [3.63, 3.8) is 0 Å². The number of rotatable bonds is 3. The van der Waals surface area contributed by atoms with E-state index in [-0.39, 0.29) is 5.78 Å². The Bertz CT molecular complexity index is 582. The monoisotopic (exact) mass is 236 g/mol. The predicted octanol–water partition coefficient (Wildman–Crippen LogP) is 2.88. The first kappa shape index (κ1) is 12.0. The molecule has 3 heteroatoms. The van der Waals surface area contributed by atoms with Crippen molar-refractivity contribution >= 4 is 5.78 Å². The highest BCUT2D eigenvalue weighted by Crippen LogP contribution is 2.18. The third kappa shape index (κ3) is 2.44. The molecule has 0 fully saturated rings. The van der Waals surface area contributed by atoms with E-state index in [1.807, 2.05) is 25.1 Å². The number of benzene rings is 1. The highest BCUT2D eigenvalue weighted by atomic mass is 16.1. The largest absolute Gasteiger partial charge is 0.292 e. The Labute approximate surface area is 106 Å². The van der Waals surface area contributed by atoms with Gasteiger partial charge in [0.25, 0.3) is 0 Å². The Balaban J connectivity index is 2.32. The van der Waals surface area contributed by atoms with Gasteiger partial charge in [0.1, 0.15) is 0 Å². The average Bonchev–Trinajstić information content (AvgIpc) is 2.41. The quantitative estimate of drug-likeness (QED) is 0.770. The number of aryl methyl sites for hydroxylation is 1. The standard InChI is InChI=1S/C15H12N2O/c1-11-5-7-12(8-6-11)15(18)13(10-16)14-4-2-3-9-17-14/h2-9,13H,1H3/t13-/m1/s1. The van der Waals surface area contributed by atoms with Gasteiger partial charge in [-0.2, -0.15) is 5.26 Å². The predicted molar refractivity (Wildman–Crippen MR) is 68.1 cm³/mol. The van der Waals surface area contributed by atoms with E-state index >= 15 is 0 Å². The fourth-order valence-corrected chi connectivity index (χ4v) is 1.69. The maximum Gasteiger partial charge on any atom is 0.186 e. The molecular formula is C15H12N2O. The number of aromatic nitrogens is 1. The number of carbonyl (C=O) groups is 1. The summed E-state index contributed by atoms with van der Waals surface area (Å²) in [5, 5.41) is 9.15. The van der Waals surface area contributed by atoms with E-state index in [1.165, 1.54) is 0 Å². The molecule has 0 aliphatic rings. The van der Waals surface area contributed by atoms with Crippen molar-refractivity contribution in [1.82, 2.24) is 4.98 Å². The summed E-state index contributed by atoms with van der Waals surface area (Å²) < 4.78 is 0. The van der Waals surface area contributed by atoms with Gasteiger partial charge in [-0.25, -0.2) is 0 Å². The summed E-state index contributed by atoms with van der Waals surface area (Å²) in [6.07, 6.45) is 1.59. The SMILES string of the molecule is Cc1ccc(C(=O)[C@H](C#N)c2ccccn2)cc1. The smallest absolute Gasteiger partial charge is 0.186 e. The van der Waals surface area contributed by atoms with E-state index in [1.54, 1.807) is 36.5 Å². The Morgan fingerprint density at radius 2 is 1.94 bits per heavy atom. The fourth-order valence-electron chi connectivity index (χ4n) is 1.69.